The van der Waals surface area contributed by atoms with Gasteiger partial charge in [-0.2, -0.15) is 0 Å². The first-order valence-corrected chi connectivity index (χ1v) is 7.90. The number of Topliss-reactive ketones (excluding diaryl/α,β-unsaturated/α-hetero) is 1. The van der Waals surface area contributed by atoms with Gasteiger partial charge in [-0.15, -0.1) is 0 Å². The van der Waals surface area contributed by atoms with Crippen LogP contribution in [-0.4, -0.2) is 34.8 Å². The normalized spacial score (nSPS) is 17.8. The Labute approximate surface area is 126 Å². The van der Waals surface area contributed by atoms with E-state index in [0.29, 0.717) is 18.2 Å². The molecule has 0 saturated carbocycles. The molecule has 5 nitrogen and oxygen atoms in total. The lowest BCUT2D eigenvalue weighted by Crippen LogP contribution is -2.24. The van der Waals surface area contributed by atoms with E-state index in [1.807, 2.05) is 13.2 Å². The van der Waals surface area contributed by atoms with Gasteiger partial charge in [0.1, 0.15) is 0 Å². The molecular formula is C16H26N2O3. The minimum absolute atomic E-state index is 0.0109. The molecule has 0 bridgehead atoms. The van der Waals surface area contributed by atoms with Crippen LogP contribution in [0.25, 0.3) is 0 Å². The Morgan fingerprint density at radius 3 is 2.86 bits per heavy atom. The van der Waals surface area contributed by atoms with E-state index in [-0.39, 0.29) is 12.1 Å². The van der Waals surface area contributed by atoms with Crippen LogP contribution >= 0.6 is 0 Å². The largest absolute Gasteiger partial charge is 0.353 e. The lowest BCUT2D eigenvalue weighted by atomic mass is 9.97. The molecular weight excluding hydrogens is 268 g/mol. The van der Waals surface area contributed by atoms with Crippen molar-refractivity contribution >= 4 is 5.78 Å². The maximum atomic E-state index is 12.1. The topological polar surface area (TPSA) is 53.4 Å². The van der Waals surface area contributed by atoms with Gasteiger partial charge in [-0.25, -0.2) is 4.98 Å². The van der Waals surface area contributed by atoms with Crippen LogP contribution in [-0.2, 0) is 16.5 Å². The third kappa shape index (κ3) is 5.25. The van der Waals surface area contributed by atoms with Gasteiger partial charge in [-0.3, -0.25) is 4.79 Å². The molecule has 0 spiro atoms. The molecule has 0 aliphatic carbocycles. The first kappa shape index (κ1) is 16.2. The molecule has 2 rings (SSSR count). The maximum Gasteiger partial charge on any atom is 0.198 e. The van der Waals surface area contributed by atoms with Crippen molar-refractivity contribution in [2.24, 2.45) is 13.0 Å². The highest BCUT2D eigenvalue weighted by Crippen LogP contribution is 2.18. The van der Waals surface area contributed by atoms with E-state index in [1.54, 1.807) is 10.8 Å². The molecule has 2 heterocycles. The zero-order valence-electron chi connectivity index (χ0n) is 13.1. The molecule has 1 atom stereocenters. The van der Waals surface area contributed by atoms with Crippen molar-refractivity contribution in [3.63, 3.8) is 0 Å². The van der Waals surface area contributed by atoms with Crippen molar-refractivity contribution in [2.75, 3.05) is 13.2 Å². The SMILES string of the molecule is CC(CCCCC1OCCCO1)CC(=O)c1nccn1C. The van der Waals surface area contributed by atoms with Crippen molar-refractivity contribution in [3.05, 3.63) is 18.2 Å². The summed E-state index contributed by atoms with van der Waals surface area (Å²) in [4.78, 5) is 16.2. The molecule has 0 radical (unpaired) electrons. The predicted octanol–water partition coefficient (Wildman–Crippen LogP) is 2.95. The number of aromatic nitrogens is 2. The number of rotatable bonds is 8. The van der Waals surface area contributed by atoms with Gasteiger partial charge in [0.05, 0.1) is 13.2 Å². The van der Waals surface area contributed by atoms with Crippen molar-refractivity contribution in [1.82, 2.24) is 9.55 Å². The number of carbonyl (C=O) groups is 1. The molecule has 1 aromatic heterocycles. The molecule has 0 amide bonds. The average Bonchev–Trinajstić information content (AvgIpc) is 2.91. The molecule has 118 valence electrons. The highest BCUT2D eigenvalue weighted by Gasteiger charge is 2.16. The van der Waals surface area contributed by atoms with Gasteiger partial charge in [0.25, 0.3) is 0 Å². The number of hydrogen-bond acceptors (Lipinski definition) is 4. The molecule has 5 heteroatoms. The summed E-state index contributed by atoms with van der Waals surface area (Å²) in [5.74, 6) is 1.09. The van der Waals surface area contributed by atoms with E-state index < -0.39 is 0 Å². The second-order valence-corrected chi connectivity index (χ2v) is 5.90. The number of imidazole rings is 1. The van der Waals surface area contributed by atoms with Gasteiger partial charge in [-0.05, 0) is 25.2 Å². The van der Waals surface area contributed by atoms with Crippen LogP contribution in [0.4, 0.5) is 0 Å². The van der Waals surface area contributed by atoms with Crippen LogP contribution in [0.5, 0.6) is 0 Å². The highest BCUT2D eigenvalue weighted by atomic mass is 16.7. The summed E-state index contributed by atoms with van der Waals surface area (Å²) >= 11 is 0. The summed E-state index contributed by atoms with van der Waals surface area (Å²) in [6, 6.07) is 0. The fraction of sp³-hybridized carbons (Fsp3) is 0.750. The number of unbranched alkanes of at least 4 members (excludes halogenated alkanes) is 1. The third-order valence-electron chi connectivity index (χ3n) is 3.89. The van der Waals surface area contributed by atoms with Gasteiger partial charge in [-0.1, -0.05) is 19.8 Å². The second-order valence-electron chi connectivity index (χ2n) is 5.90. The number of ketones is 1. The van der Waals surface area contributed by atoms with Gasteiger partial charge in [0.2, 0.25) is 0 Å². The summed E-state index contributed by atoms with van der Waals surface area (Å²) in [7, 11) is 1.86. The zero-order chi connectivity index (χ0) is 15.1. The van der Waals surface area contributed by atoms with Gasteiger partial charge in [0, 0.05) is 25.9 Å². The van der Waals surface area contributed by atoms with Crippen LogP contribution in [0.3, 0.4) is 0 Å². The standard InChI is InChI=1S/C16H26N2O3/c1-13(12-14(19)16-17-8-9-18(16)2)6-3-4-7-15-20-10-5-11-21-15/h8-9,13,15H,3-7,10-12H2,1-2H3. The van der Waals surface area contributed by atoms with E-state index in [2.05, 4.69) is 11.9 Å². The molecule has 21 heavy (non-hydrogen) atoms. The minimum Gasteiger partial charge on any atom is -0.353 e. The number of aryl methyl sites for hydroxylation is 1. The van der Waals surface area contributed by atoms with Gasteiger partial charge < -0.3 is 14.0 Å². The third-order valence-corrected chi connectivity index (χ3v) is 3.89. The van der Waals surface area contributed by atoms with Crippen LogP contribution in [0.2, 0.25) is 0 Å². The Bertz CT molecular complexity index is 438. The van der Waals surface area contributed by atoms with Gasteiger partial charge in [0.15, 0.2) is 17.9 Å². The summed E-state index contributed by atoms with van der Waals surface area (Å²) in [5, 5.41) is 0. The quantitative estimate of drug-likeness (QED) is 0.546. The highest BCUT2D eigenvalue weighted by molar-refractivity contribution is 5.92. The molecule has 1 fully saturated rings. The molecule has 1 saturated heterocycles. The zero-order valence-corrected chi connectivity index (χ0v) is 13.1. The number of carbonyl (C=O) groups excluding carboxylic acids is 1. The van der Waals surface area contributed by atoms with Crippen molar-refractivity contribution in [1.29, 1.82) is 0 Å². The first-order valence-electron chi connectivity index (χ1n) is 7.90. The monoisotopic (exact) mass is 294 g/mol. The molecule has 1 aliphatic rings. The van der Waals surface area contributed by atoms with Crippen molar-refractivity contribution < 1.29 is 14.3 Å². The van der Waals surface area contributed by atoms with Crippen molar-refractivity contribution in [2.45, 2.75) is 51.7 Å². The summed E-state index contributed by atoms with van der Waals surface area (Å²) in [6.45, 7) is 3.77. The summed E-state index contributed by atoms with van der Waals surface area (Å²) in [5.41, 5.74) is 0. The van der Waals surface area contributed by atoms with Crippen LogP contribution in [0, 0.1) is 5.92 Å². The molecule has 1 unspecified atom stereocenters. The van der Waals surface area contributed by atoms with E-state index in [1.165, 1.54) is 0 Å². The van der Waals surface area contributed by atoms with E-state index in [4.69, 9.17) is 9.47 Å². The molecule has 1 aliphatic heterocycles. The smallest absolute Gasteiger partial charge is 0.198 e. The number of hydrogen-bond donors (Lipinski definition) is 0. The second kappa shape index (κ2) is 8.29. The summed E-state index contributed by atoms with van der Waals surface area (Å²) in [6.07, 6.45) is 9.25. The Hall–Kier alpha value is -1.20. The number of nitrogens with zero attached hydrogens (tertiary/aromatic N) is 2. The van der Waals surface area contributed by atoms with Crippen LogP contribution in [0.15, 0.2) is 12.4 Å². The first-order chi connectivity index (χ1) is 10.2. The summed E-state index contributed by atoms with van der Waals surface area (Å²) < 4.78 is 12.8. The minimum atomic E-state index is -0.0109. The Balaban J connectivity index is 1.60. The maximum absolute atomic E-state index is 12.1. The fourth-order valence-electron chi connectivity index (χ4n) is 2.65. The average molecular weight is 294 g/mol. The van der Waals surface area contributed by atoms with Crippen LogP contribution in [0.1, 0.15) is 56.1 Å². The number of ether oxygens (including phenoxy) is 2. The van der Waals surface area contributed by atoms with E-state index in [9.17, 15) is 4.79 Å². The molecule has 0 aromatic carbocycles. The molecule has 1 aromatic rings. The lowest BCUT2D eigenvalue weighted by molar-refractivity contribution is -0.181. The molecule has 0 N–H and O–H groups in total. The fourth-order valence-corrected chi connectivity index (χ4v) is 2.65. The van der Waals surface area contributed by atoms with Crippen LogP contribution < -0.4 is 0 Å². The van der Waals surface area contributed by atoms with E-state index in [0.717, 1.165) is 45.3 Å². The Morgan fingerprint density at radius 2 is 2.19 bits per heavy atom. The lowest BCUT2D eigenvalue weighted by Gasteiger charge is -2.23. The Kier molecular flexibility index (Phi) is 6.39. The van der Waals surface area contributed by atoms with E-state index >= 15 is 0 Å². The Morgan fingerprint density at radius 1 is 1.43 bits per heavy atom. The van der Waals surface area contributed by atoms with Crippen molar-refractivity contribution in [3.8, 4) is 0 Å². The predicted molar refractivity (Wildman–Crippen MR) is 80.1 cm³/mol. The van der Waals surface area contributed by atoms with Gasteiger partial charge >= 0.3 is 0 Å².